The Morgan fingerprint density at radius 2 is 1.96 bits per heavy atom. The molecule has 3 aromatic rings. The number of amides is 1. The Morgan fingerprint density at radius 3 is 2.64 bits per heavy atom. The molecule has 0 aliphatic carbocycles. The summed E-state index contributed by atoms with van der Waals surface area (Å²) in [6, 6.07) is 7.53. The second-order valence-corrected chi connectivity index (χ2v) is 7.30. The van der Waals surface area contributed by atoms with Crippen LogP contribution in [0.1, 0.15) is 42.8 Å². The van der Waals surface area contributed by atoms with Gasteiger partial charge in [-0.1, -0.05) is 12.1 Å². The number of benzene rings is 1. The lowest BCUT2D eigenvalue weighted by Crippen LogP contribution is -2.25. The van der Waals surface area contributed by atoms with E-state index in [0.717, 1.165) is 48.8 Å². The summed E-state index contributed by atoms with van der Waals surface area (Å²) in [7, 11) is 0. The fourth-order valence-corrected chi connectivity index (χ4v) is 3.76. The summed E-state index contributed by atoms with van der Waals surface area (Å²) in [6.45, 7) is 5.38. The number of carbonyl (C=O) groups is 1. The zero-order valence-corrected chi connectivity index (χ0v) is 16.1. The van der Waals surface area contributed by atoms with Gasteiger partial charge < -0.3 is 14.6 Å². The molecule has 1 amide bonds. The van der Waals surface area contributed by atoms with Crippen LogP contribution in [0.2, 0.25) is 0 Å². The monoisotopic (exact) mass is 380 g/mol. The SMILES string of the molecule is CC(=O)Nc1ccc(Cn2c(C)cn3c(C4CCOCC4)ncc3c2=O)cc1. The Morgan fingerprint density at radius 1 is 1.25 bits per heavy atom. The largest absolute Gasteiger partial charge is 0.381 e. The highest BCUT2D eigenvalue weighted by molar-refractivity contribution is 5.88. The lowest BCUT2D eigenvalue weighted by Gasteiger charge is -2.21. The van der Waals surface area contributed by atoms with E-state index in [0.29, 0.717) is 18.0 Å². The highest BCUT2D eigenvalue weighted by atomic mass is 16.5. The average molecular weight is 380 g/mol. The van der Waals surface area contributed by atoms with Gasteiger partial charge in [0.05, 0.1) is 12.7 Å². The maximum atomic E-state index is 13.1. The van der Waals surface area contributed by atoms with E-state index in [1.807, 2.05) is 41.8 Å². The van der Waals surface area contributed by atoms with E-state index in [4.69, 9.17) is 4.74 Å². The molecule has 4 rings (SSSR count). The lowest BCUT2D eigenvalue weighted by atomic mass is 10.00. The van der Waals surface area contributed by atoms with Crippen molar-refractivity contribution in [1.82, 2.24) is 14.0 Å². The first kappa shape index (κ1) is 18.4. The highest BCUT2D eigenvalue weighted by Crippen LogP contribution is 2.26. The molecule has 7 heteroatoms. The van der Waals surface area contributed by atoms with Gasteiger partial charge in [0.25, 0.3) is 5.56 Å². The topological polar surface area (TPSA) is 77.6 Å². The van der Waals surface area contributed by atoms with Crippen molar-refractivity contribution >= 4 is 17.1 Å². The van der Waals surface area contributed by atoms with Crippen molar-refractivity contribution in [1.29, 1.82) is 0 Å². The molecule has 1 aliphatic rings. The van der Waals surface area contributed by atoms with E-state index in [1.165, 1.54) is 6.92 Å². The molecular formula is C21H24N4O3. The Labute approximate surface area is 163 Å². The number of fused-ring (bicyclic) bond motifs is 1. The molecular weight excluding hydrogens is 356 g/mol. The predicted molar refractivity (Wildman–Crippen MR) is 107 cm³/mol. The number of nitrogens with zero attached hydrogens (tertiary/aromatic N) is 3. The van der Waals surface area contributed by atoms with Crippen molar-refractivity contribution in [2.45, 2.75) is 39.2 Å². The summed E-state index contributed by atoms with van der Waals surface area (Å²) in [5.41, 5.74) is 3.17. The molecule has 1 aliphatic heterocycles. The maximum Gasteiger partial charge on any atom is 0.276 e. The molecule has 146 valence electrons. The number of hydrogen-bond acceptors (Lipinski definition) is 4. The molecule has 0 spiro atoms. The number of carbonyl (C=O) groups excluding carboxylic acids is 1. The molecule has 1 aromatic carbocycles. The number of anilines is 1. The molecule has 1 N–H and O–H groups in total. The van der Waals surface area contributed by atoms with Gasteiger partial charge in [0, 0.05) is 43.6 Å². The molecule has 0 atom stereocenters. The summed E-state index contributed by atoms with van der Waals surface area (Å²) >= 11 is 0. The zero-order valence-electron chi connectivity index (χ0n) is 16.1. The van der Waals surface area contributed by atoms with E-state index in [9.17, 15) is 9.59 Å². The minimum absolute atomic E-state index is 0.0447. The van der Waals surface area contributed by atoms with Crippen LogP contribution < -0.4 is 10.9 Å². The van der Waals surface area contributed by atoms with Crippen LogP contribution in [0.3, 0.4) is 0 Å². The fraction of sp³-hybridized carbons (Fsp3) is 0.381. The van der Waals surface area contributed by atoms with Gasteiger partial charge in [0.2, 0.25) is 5.91 Å². The Kier molecular flexibility index (Phi) is 5.00. The molecule has 7 nitrogen and oxygen atoms in total. The summed E-state index contributed by atoms with van der Waals surface area (Å²) < 4.78 is 9.16. The number of ether oxygens (including phenoxy) is 1. The third kappa shape index (κ3) is 3.57. The minimum Gasteiger partial charge on any atom is -0.381 e. The number of aromatic nitrogens is 3. The summed E-state index contributed by atoms with van der Waals surface area (Å²) in [5.74, 6) is 1.17. The maximum absolute atomic E-state index is 13.1. The molecule has 0 unspecified atom stereocenters. The van der Waals surface area contributed by atoms with Gasteiger partial charge >= 0.3 is 0 Å². The first-order chi connectivity index (χ1) is 13.5. The average Bonchev–Trinajstić information content (AvgIpc) is 3.10. The van der Waals surface area contributed by atoms with Crippen molar-refractivity contribution in [3.8, 4) is 0 Å². The number of rotatable bonds is 4. The van der Waals surface area contributed by atoms with Crippen LogP contribution in [0.15, 0.2) is 41.5 Å². The summed E-state index contributed by atoms with van der Waals surface area (Å²) in [5, 5.41) is 2.75. The van der Waals surface area contributed by atoms with Crippen LogP contribution in [0, 0.1) is 6.92 Å². The van der Waals surface area contributed by atoms with Crippen molar-refractivity contribution in [3.63, 3.8) is 0 Å². The van der Waals surface area contributed by atoms with Crippen LogP contribution >= 0.6 is 0 Å². The molecule has 0 radical (unpaired) electrons. The predicted octanol–water partition coefficient (Wildman–Crippen LogP) is 2.71. The van der Waals surface area contributed by atoms with E-state index < -0.39 is 0 Å². The molecule has 1 saturated heterocycles. The van der Waals surface area contributed by atoms with Crippen molar-refractivity contribution in [2.75, 3.05) is 18.5 Å². The summed E-state index contributed by atoms with van der Waals surface area (Å²) in [6.07, 6.45) is 5.55. The Bertz CT molecular complexity index is 1060. The number of imidazole rings is 1. The van der Waals surface area contributed by atoms with Crippen LogP contribution in [-0.4, -0.2) is 33.1 Å². The third-order valence-corrected chi connectivity index (χ3v) is 5.23. The van der Waals surface area contributed by atoms with Gasteiger partial charge in [-0.05, 0) is 37.5 Å². The first-order valence-corrected chi connectivity index (χ1v) is 9.54. The molecule has 1 fully saturated rings. The minimum atomic E-state index is -0.105. The van der Waals surface area contributed by atoms with Gasteiger partial charge in [0.1, 0.15) is 11.3 Å². The van der Waals surface area contributed by atoms with Crippen molar-refractivity contribution < 1.29 is 9.53 Å². The van der Waals surface area contributed by atoms with Crippen LogP contribution in [-0.2, 0) is 16.1 Å². The van der Waals surface area contributed by atoms with Crippen LogP contribution in [0.25, 0.3) is 5.52 Å². The fourth-order valence-electron chi connectivity index (χ4n) is 3.76. The van der Waals surface area contributed by atoms with E-state index >= 15 is 0 Å². The van der Waals surface area contributed by atoms with Gasteiger partial charge in [0.15, 0.2) is 0 Å². The zero-order chi connectivity index (χ0) is 19.7. The highest BCUT2D eigenvalue weighted by Gasteiger charge is 2.22. The van der Waals surface area contributed by atoms with E-state index in [-0.39, 0.29) is 11.5 Å². The Balaban J connectivity index is 1.64. The van der Waals surface area contributed by atoms with Gasteiger partial charge in [-0.25, -0.2) is 4.98 Å². The van der Waals surface area contributed by atoms with Gasteiger partial charge in [-0.2, -0.15) is 0 Å². The molecule has 0 saturated carbocycles. The smallest absolute Gasteiger partial charge is 0.276 e. The molecule has 0 bridgehead atoms. The summed E-state index contributed by atoms with van der Waals surface area (Å²) in [4.78, 5) is 28.8. The third-order valence-electron chi connectivity index (χ3n) is 5.23. The van der Waals surface area contributed by atoms with E-state index in [1.54, 1.807) is 10.8 Å². The second-order valence-electron chi connectivity index (χ2n) is 7.30. The molecule has 2 aromatic heterocycles. The first-order valence-electron chi connectivity index (χ1n) is 9.54. The van der Waals surface area contributed by atoms with Gasteiger partial charge in [-0.15, -0.1) is 0 Å². The van der Waals surface area contributed by atoms with Crippen molar-refractivity contribution in [3.05, 3.63) is 64.1 Å². The molecule has 28 heavy (non-hydrogen) atoms. The second kappa shape index (κ2) is 7.59. The molecule has 3 heterocycles. The number of hydrogen-bond donors (Lipinski definition) is 1. The van der Waals surface area contributed by atoms with Crippen LogP contribution in [0.5, 0.6) is 0 Å². The number of aryl methyl sites for hydroxylation is 1. The number of nitrogens with one attached hydrogen (secondary N) is 1. The normalized spacial score (nSPS) is 15.1. The Hall–Kier alpha value is -2.93. The van der Waals surface area contributed by atoms with Crippen molar-refractivity contribution in [2.24, 2.45) is 0 Å². The van der Waals surface area contributed by atoms with Crippen LogP contribution in [0.4, 0.5) is 5.69 Å². The quantitative estimate of drug-likeness (QED) is 0.755. The standard InChI is InChI=1S/C21H24N4O3/c1-14-12-25-19(11-22-20(25)17-7-9-28-10-8-17)21(27)24(14)13-16-3-5-18(6-4-16)23-15(2)26/h3-6,11-12,17H,7-10,13H2,1-2H3,(H,23,26). The lowest BCUT2D eigenvalue weighted by molar-refractivity contribution is -0.114. The van der Waals surface area contributed by atoms with Gasteiger partial charge in [-0.3, -0.25) is 14.0 Å². The van der Waals surface area contributed by atoms with E-state index in [2.05, 4.69) is 10.3 Å².